The topological polar surface area (TPSA) is 62.7 Å². The molecule has 0 unspecified atom stereocenters. The van der Waals surface area contributed by atoms with Crippen molar-refractivity contribution >= 4 is 50.7 Å². The molecule has 0 aromatic heterocycles. The highest BCUT2D eigenvalue weighted by molar-refractivity contribution is 8.14. The molecule has 1 heterocycles. The Morgan fingerprint density at radius 2 is 1.93 bits per heavy atom. The number of aliphatic imine (C=N–C) groups is 1. The molecule has 27 heavy (non-hydrogen) atoms. The first-order valence-electron chi connectivity index (χ1n) is 8.76. The lowest BCUT2D eigenvalue weighted by Gasteiger charge is -2.18. The van der Waals surface area contributed by atoms with Crippen LogP contribution in [0.25, 0.3) is 10.8 Å². The molecule has 0 atom stereocenters. The van der Waals surface area contributed by atoms with Gasteiger partial charge in [0.15, 0.2) is 5.17 Å². The van der Waals surface area contributed by atoms with E-state index in [-0.39, 0.29) is 11.7 Å². The summed E-state index contributed by atoms with van der Waals surface area (Å²) in [5, 5.41) is 9.20. The summed E-state index contributed by atoms with van der Waals surface area (Å²) < 4.78 is 5.55. The van der Waals surface area contributed by atoms with Crippen molar-refractivity contribution in [2.45, 2.75) is 6.92 Å². The first-order chi connectivity index (χ1) is 13.2. The van der Waals surface area contributed by atoms with Gasteiger partial charge in [0.25, 0.3) is 0 Å². The van der Waals surface area contributed by atoms with E-state index >= 15 is 0 Å². The SMILES string of the molecule is CCOc1ccccc1NC(=O)CSC1=Nc2cccc3cccc(c23)N1. The predicted molar refractivity (Wildman–Crippen MR) is 113 cm³/mol. The molecule has 0 bridgehead atoms. The van der Waals surface area contributed by atoms with E-state index in [4.69, 9.17) is 4.74 Å². The van der Waals surface area contributed by atoms with Gasteiger partial charge in [0, 0.05) is 5.39 Å². The van der Waals surface area contributed by atoms with E-state index in [1.165, 1.54) is 11.8 Å². The molecule has 6 heteroatoms. The van der Waals surface area contributed by atoms with Gasteiger partial charge in [0.05, 0.1) is 29.4 Å². The molecule has 0 saturated heterocycles. The van der Waals surface area contributed by atoms with Gasteiger partial charge in [-0.1, -0.05) is 48.2 Å². The predicted octanol–water partition coefficient (Wildman–Crippen LogP) is 5.02. The number of ether oxygens (including phenoxy) is 1. The molecule has 2 N–H and O–H groups in total. The summed E-state index contributed by atoms with van der Waals surface area (Å²) in [4.78, 5) is 17.0. The van der Waals surface area contributed by atoms with E-state index in [0.29, 0.717) is 18.0 Å². The largest absolute Gasteiger partial charge is 0.492 e. The Morgan fingerprint density at radius 3 is 2.78 bits per heavy atom. The normalized spacial score (nSPS) is 12.3. The summed E-state index contributed by atoms with van der Waals surface area (Å²) in [6.45, 7) is 2.47. The fourth-order valence-electron chi connectivity index (χ4n) is 3.01. The molecule has 1 aliphatic heterocycles. The molecule has 1 amide bonds. The second-order valence-electron chi connectivity index (χ2n) is 5.99. The van der Waals surface area contributed by atoms with Gasteiger partial charge in [-0.2, -0.15) is 0 Å². The second-order valence-corrected chi connectivity index (χ2v) is 6.95. The van der Waals surface area contributed by atoms with Crippen LogP contribution in [-0.4, -0.2) is 23.4 Å². The van der Waals surface area contributed by atoms with E-state index < -0.39 is 0 Å². The minimum Gasteiger partial charge on any atom is -0.492 e. The number of carbonyl (C=O) groups is 1. The number of hydrogen-bond donors (Lipinski definition) is 2. The molecular formula is C21H19N3O2S. The molecule has 3 aromatic carbocycles. The van der Waals surface area contributed by atoms with Crippen LogP contribution in [0.4, 0.5) is 17.1 Å². The number of benzene rings is 3. The van der Waals surface area contributed by atoms with Crippen molar-refractivity contribution in [3.8, 4) is 5.75 Å². The number of hydrogen-bond acceptors (Lipinski definition) is 5. The number of carbonyl (C=O) groups excluding carboxylic acids is 1. The van der Waals surface area contributed by atoms with Crippen LogP contribution in [0.15, 0.2) is 65.7 Å². The van der Waals surface area contributed by atoms with Gasteiger partial charge < -0.3 is 15.4 Å². The minimum atomic E-state index is -0.103. The molecule has 0 spiro atoms. The highest BCUT2D eigenvalue weighted by Gasteiger charge is 2.16. The summed E-state index contributed by atoms with van der Waals surface area (Å²) in [7, 11) is 0. The zero-order valence-corrected chi connectivity index (χ0v) is 15.7. The zero-order valence-electron chi connectivity index (χ0n) is 14.9. The van der Waals surface area contributed by atoms with Crippen molar-refractivity contribution in [2.24, 2.45) is 4.99 Å². The number of rotatable bonds is 5. The number of nitrogens with one attached hydrogen (secondary N) is 2. The lowest BCUT2D eigenvalue weighted by molar-refractivity contribution is -0.113. The van der Waals surface area contributed by atoms with Gasteiger partial charge in [-0.3, -0.25) is 4.79 Å². The van der Waals surface area contributed by atoms with Crippen molar-refractivity contribution in [3.05, 3.63) is 60.7 Å². The molecular weight excluding hydrogens is 358 g/mol. The summed E-state index contributed by atoms with van der Waals surface area (Å²) in [6.07, 6.45) is 0. The molecule has 0 radical (unpaired) electrons. The first-order valence-corrected chi connectivity index (χ1v) is 9.75. The standard InChI is InChI=1S/C21H19N3O2S/c1-2-26-18-12-4-3-9-15(18)22-19(25)13-27-21-23-16-10-5-7-14-8-6-11-17(24-21)20(14)16/h3-12H,2,13H2,1H3,(H,22,25)(H,23,24). The van der Waals surface area contributed by atoms with E-state index in [0.717, 1.165) is 27.3 Å². The molecule has 4 rings (SSSR count). The van der Waals surface area contributed by atoms with Crippen LogP contribution in [-0.2, 0) is 4.79 Å². The minimum absolute atomic E-state index is 0.103. The van der Waals surface area contributed by atoms with Crippen LogP contribution in [0.3, 0.4) is 0 Å². The quantitative estimate of drug-likeness (QED) is 0.655. The maximum Gasteiger partial charge on any atom is 0.234 e. The van der Waals surface area contributed by atoms with Gasteiger partial charge in [0.2, 0.25) is 5.91 Å². The molecule has 0 fully saturated rings. The maximum absolute atomic E-state index is 12.4. The van der Waals surface area contributed by atoms with Gasteiger partial charge in [-0.15, -0.1) is 0 Å². The van der Waals surface area contributed by atoms with Crippen LogP contribution >= 0.6 is 11.8 Å². The Bertz CT molecular complexity index is 1030. The summed E-state index contributed by atoms with van der Waals surface area (Å²) in [6, 6.07) is 19.6. The summed E-state index contributed by atoms with van der Waals surface area (Å²) in [5.41, 5.74) is 2.62. The monoisotopic (exact) mass is 377 g/mol. The van der Waals surface area contributed by atoms with Crippen molar-refractivity contribution in [1.29, 1.82) is 0 Å². The number of amidine groups is 1. The number of anilines is 2. The van der Waals surface area contributed by atoms with Gasteiger partial charge in [-0.05, 0) is 36.6 Å². The van der Waals surface area contributed by atoms with E-state index in [2.05, 4.69) is 27.8 Å². The van der Waals surface area contributed by atoms with Crippen LogP contribution in [0, 0.1) is 0 Å². The van der Waals surface area contributed by atoms with Crippen molar-refractivity contribution in [1.82, 2.24) is 0 Å². The van der Waals surface area contributed by atoms with Crippen molar-refractivity contribution in [2.75, 3.05) is 23.0 Å². The summed E-state index contributed by atoms with van der Waals surface area (Å²) in [5.74, 6) is 0.825. The molecule has 3 aromatic rings. The Labute approximate surface area is 161 Å². The first kappa shape index (κ1) is 17.4. The fraction of sp³-hybridized carbons (Fsp3) is 0.143. The Kier molecular flexibility index (Phi) is 4.98. The van der Waals surface area contributed by atoms with E-state index in [1.807, 2.05) is 55.5 Å². The number of amides is 1. The number of nitrogens with zero attached hydrogens (tertiary/aromatic N) is 1. The van der Waals surface area contributed by atoms with Crippen LogP contribution in [0.5, 0.6) is 5.75 Å². The molecule has 5 nitrogen and oxygen atoms in total. The van der Waals surface area contributed by atoms with Gasteiger partial charge in [0.1, 0.15) is 5.75 Å². The van der Waals surface area contributed by atoms with Crippen molar-refractivity contribution in [3.63, 3.8) is 0 Å². The highest BCUT2D eigenvalue weighted by atomic mass is 32.2. The lowest BCUT2D eigenvalue weighted by Crippen LogP contribution is -2.19. The zero-order chi connectivity index (χ0) is 18.6. The molecule has 136 valence electrons. The number of para-hydroxylation sites is 2. The third-order valence-corrected chi connectivity index (χ3v) is 5.02. The van der Waals surface area contributed by atoms with Gasteiger partial charge in [-0.25, -0.2) is 4.99 Å². The third kappa shape index (κ3) is 3.75. The number of thioether (sulfide) groups is 1. The highest BCUT2D eigenvalue weighted by Crippen LogP contribution is 2.36. The average Bonchev–Trinajstić information content (AvgIpc) is 2.69. The second kappa shape index (κ2) is 7.72. The average molecular weight is 377 g/mol. The fourth-order valence-corrected chi connectivity index (χ4v) is 3.70. The molecule has 1 aliphatic rings. The molecule has 0 saturated carbocycles. The van der Waals surface area contributed by atoms with Gasteiger partial charge >= 0.3 is 0 Å². The Hall–Kier alpha value is -2.99. The smallest absolute Gasteiger partial charge is 0.234 e. The van der Waals surface area contributed by atoms with E-state index in [1.54, 1.807) is 0 Å². The summed E-state index contributed by atoms with van der Waals surface area (Å²) >= 11 is 1.38. The van der Waals surface area contributed by atoms with Crippen LogP contribution in [0.2, 0.25) is 0 Å². The lowest BCUT2D eigenvalue weighted by atomic mass is 10.1. The maximum atomic E-state index is 12.4. The van der Waals surface area contributed by atoms with Crippen LogP contribution in [0.1, 0.15) is 6.92 Å². The van der Waals surface area contributed by atoms with Crippen molar-refractivity contribution < 1.29 is 9.53 Å². The Balaban J connectivity index is 1.44. The molecule has 0 aliphatic carbocycles. The third-order valence-electron chi connectivity index (χ3n) is 4.15. The Morgan fingerprint density at radius 1 is 1.11 bits per heavy atom. The van der Waals surface area contributed by atoms with Crippen LogP contribution < -0.4 is 15.4 Å². The van der Waals surface area contributed by atoms with E-state index in [9.17, 15) is 4.79 Å².